The number of aromatic nitrogens is 2. The van der Waals surface area contributed by atoms with Crippen LogP contribution in [0.15, 0.2) is 54.7 Å². The zero-order valence-electron chi connectivity index (χ0n) is 15.2. The molecule has 3 N–H and O–H groups in total. The van der Waals surface area contributed by atoms with Crippen molar-refractivity contribution in [2.24, 2.45) is 5.92 Å². The number of rotatable bonds is 4. The molecule has 0 spiro atoms. The number of carbonyl (C=O) groups is 1. The average Bonchev–Trinajstić information content (AvgIpc) is 3.29. The SMILES string of the molecule is O=C(NCCc1c[nH]c2ccccc12)C1CCc2[nH]c3ccccc3c2C1. The van der Waals surface area contributed by atoms with Crippen LogP contribution >= 0.6 is 0 Å². The van der Waals surface area contributed by atoms with Crippen molar-refractivity contribution in [3.05, 3.63) is 71.5 Å². The molecule has 5 rings (SSSR count). The predicted molar refractivity (Wildman–Crippen MR) is 109 cm³/mol. The molecule has 1 aliphatic carbocycles. The van der Waals surface area contributed by atoms with E-state index >= 15 is 0 Å². The van der Waals surface area contributed by atoms with Gasteiger partial charge in [-0.05, 0) is 48.9 Å². The zero-order valence-corrected chi connectivity index (χ0v) is 15.2. The Bertz CT molecular complexity index is 1120. The van der Waals surface area contributed by atoms with Crippen molar-refractivity contribution >= 4 is 27.7 Å². The number of fused-ring (bicyclic) bond motifs is 4. The summed E-state index contributed by atoms with van der Waals surface area (Å²) < 4.78 is 0. The predicted octanol–water partition coefficient (Wildman–Crippen LogP) is 4.11. The molecule has 1 unspecified atom stereocenters. The number of carbonyl (C=O) groups excluding carboxylic acids is 1. The highest BCUT2D eigenvalue weighted by atomic mass is 16.1. The number of hydrogen-bond acceptors (Lipinski definition) is 1. The number of aryl methyl sites for hydroxylation is 1. The van der Waals surface area contributed by atoms with Crippen LogP contribution in [0.2, 0.25) is 0 Å². The van der Waals surface area contributed by atoms with Crippen LogP contribution < -0.4 is 5.32 Å². The number of aromatic amines is 2. The Labute approximate surface area is 158 Å². The second kappa shape index (κ2) is 6.62. The van der Waals surface area contributed by atoms with Crippen LogP contribution in [0, 0.1) is 5.92 Å². The Morgan fingerprint density at radius 1 is 1.04 bits per heavy atom. The molecule has 2 aromatic carbocycles. The lowest BCUT2D eigenvalue weighted by Gasteiger charge is -2.21. The monoisotopic (exact) mass is 357 g/mol. The van der Waals surface area contributed by atoms with Gasteiger partial charge in [-0.3, -0.25) is 4.79 Å². The van der Waals surface area contributed by atoms with Gasteiger partial charge < -0.3 is 15.3 Å². The largest absolute Gasteiger partial charge is 0.361 e. The summed E-state index contributed by atoms with van der Waals surface area (Å²) in [4.78, 5) is 19.5. The molecule has 0 saturated carbocycles. The zero-order chi connectivity index (χ0) is 18.2. The van der Waals surface area contributed by atoms with Crippen LogP contribution in [0.25, 0.3) is 21.8 Å². The first-order valence-electron chi connectivity index (χ1n) is 9.71. The van der Waals surface area contributed by atoms with Crippen molar-refractivity contribution in [3.63, 3.8) is 0 Å². The van der Waals surface area contributed by atoms with Crippen molar-refractivity contribution in [3.8, 4) is 0 Å². The first-order valence-corrected chi connectivity index (χ1v) is 9.71. The molecular weight excluding hydrogens is 334 g/mol. The van der Waals surface area contributed by atoms with E-state index in [1.165, 1.54) is 33.1 Å². The third-order valence-corrected chi connectivity index (χ3v) is 5.83. The van der Waals surface area contributed by atoms with Gasteiger partial charge in [0.2, 0.25) is 5.91 Å². The Balaban J connectivity index is 1.24. The van der Waals surface area contributed by atoms with Gasteiger partial charge in [-0.25, -0.2) is 0 Å². The first kappa shape index (κ1) is 16.2. The Morgan fingerprint density at radius 3 is 2.70 bits per heavy atom. The molecule has 0 aliphatic heterocycles. The fraction of sp³-hybridized carbons (Fsp3) is 0.261. The second-order valence-corrected chi connectivity index (χ2v) is 7.47. The second-order valence-electron chi connectivity index (χ2n) is 7.47. The summed E-state index contributed by atoms with van der Waals surface area (Å²) in [5.74, 6) is 0.255. The molecule has 1 aliphatic rings. The lowest BCUT2D eigenvalue weighted by Crippen LogP contribution is -2.35. The highest BCUT2D eigenvalue weighted by molar-refractivity contribution is 5.87. The maximum absolute atomic E-state index is 12.7. The van der Waals surface area contributed by atoms with Crippen LogP contribution in [0.1, 0.15) is 23.2 Å². The maximum atomic E-state index is 12.7. The summed E-state index contributed by atoms with van der Waals surface area (Å²) in [5, 5.41) is 5.67. The highest BCUT2D eigenvalue weighted by Crippen LogP contribution is 2.31. The third-order valence-electron chi connectivity index (χ3n) is 5.83. The molecule has 27 heavy (non-hydrogen) atoms. The van der Waals surface area contributed by atoms with E-state index in [1.807, 2.05) is 6.07 Å². The average molecular weight is 357 g/mol. The van der Waals surface area contributed by atoms with Crippen molar-refractivity contribution in [2.45, 2.75) is 25.7 Å². The lowest BCUT2D eigenvalue weighted by molar-refractivity contribution is -0.125. The van der Waals surface area contributed by atoms with Gasteiger partial charge in [0.15, 0.2) is 0 Å². The molecule has 0 saturated heterocycles. The maximum Gasteiger partial charge on any atom is 0.223 e. The van der Waals surface area contributed by atoms with E-state index in [-0.39, 0.29) is 11.8 Å². The van der Waals surface area contributed by atoms with Gasteiger partial charge in [-0.2, -0.15) is 0 Å². The summed E-state index contributed by atoms with van der Waals surface area (Å²) in [6.45, 7) is 0.678. The van der Waals surface area contributed by atoms with E-state index in [9.17, 15) is 4.79 Å². The molecule has 1 atom stereocenters. The van der Waals surface area contributed by atoms with Crippen molar-refractivity contribution in [1.82, 2.24) is 15.3 Å². The van der Waals surface area contributed by atoms with Crippen LogP contribution in [0.5, 0.6) is 0 Å². The molecule has 1 amide bonds. The summed E-state index contributed by atoms with van der Waals surface area (Å²) in [6.07, 6.45) is 5.60. The fourth-order valence-electron chi connectivity index (χ4n) is 4.40. The number of amides is 1. The number of H-pyrrole nitrogens is 2. The molecule has 136 valence electrons. The van der Waals surface area contributed by atoms with Gasteiger partial charge in [0.05, 0.1) is 0 Å². The third kappa shape index (κ3) is 2.91. The molecule has 4 nitrogen and oxygen atoms in total. The number of hydrogen-bond donors (Lipinski definition) is 3. The molecule has 4 heteroatoms. The van der Waals surface area contributed by atoms with Gasteiger partial charge in [-0.15, -0.1) is 0 Å². The fourth-order valence-corrected chi connectivity index (χ4v) is 4.40. The van der Waals surface area contributed by atoms with E-state index < -0.39 is 0 Å². The molecular formula is C23H23N3O. The van der Waals surface area contributed by atoms with Crippen LogP contribution in [0.4, 0.5) is 0 Å². The summed E-state index contributed by atoms with van der Waals surface area (Å²) in [7, 11) is 0. The van der Waals surface area contributed by atoms with Gasteiger partial charge in [0.25, 0.3) is 0 Å². The van der Waals surface area contributed by atoms with E-state index in [0.717, 1.165) is 31.2 Å². The number of nitrogens with one attached hydrogen (secondary N) is 3. The molecule has 4 aromatic rings. The normalized spacial score (nSPS) is 16.5. The summed E-state index contributed by atoms with van der Waals surface area (Å²) >= 11 is 0. The van der Waals surface area contributed by atoms with Gasteiger partial charge in [0, 0.05) is 46.2 Å². The molecule has 2 aromatic heterocycles. The minimum atomic E-state index is 0.0691. The minimum Gasteiger partial charge on any atom is -0.361 e. The lowest BCUT2D eigenvalue weighted by atomic mass is 9.86. The molecule has 2 heterocycles. The number of para-hydroxylation sites is 2. The summed E-state index contributed by atoms with van der Waals surface area (Å²) in [5.41, 5.74) is 6.22. The Morgan fingerprint density at radius 2 is 1.81 bits per heavy atom. The van der Waals surface area contributed by atoms with E-state index in [4.69, 9.17) is 0 Å². The van der Waals surface area contributed by atoms with Crippen LogP contribution in [-0.2, 0) is 24.1 Å². The standard InChI is InChI=1S/C23H23N3O/c27-23(24-12-11-16-14-25-20-7-3-1-5-17(16)20)15-9-10-22-19(13-15)18-6-2-4-8-21(18)26-22/h1-8,14-15,25-26H,9-13H2,(H,24,27). The van der Waals surface area contributed by atoms with E-state index in [2.05, 4.69) is 63.9 Å². The smallest absolute Gasteiger partial charge is 0.223 e. The molecule has 0 radical (unpaired) electrons. The highest BCUT2D eigenvalue weighted by Gasteiger charge is 2.27. The molecule has 0 fully saturated rings. The quantitative estimate of drug-likeness (QED) is 0.506. The summed E-state index contributed by atoms with van der Waals surface area (Å²) in [6, 6.07) is 16.7. The van der Waals surface area contributed by atoms with Crippen molar-refractivity contribution in [1.29, 1.82) is 0 Å². The topological polar surface area (TPSA) is 60.7 Å². The van der Waals surface area contributed by atoms with E-state index in [1.54, 1.807) is 0 Å². The Kier molecular flexibility index (Phi) is 3.97. The molecule has 0 bridgehead atoms. The Hall–Kier alpha value is -3.01. The van der Waals surface area contributed by atoms with E-state index in [0.29, 0.717) is 6.54 Å². The van der Waals surface area contributed by atoms with Gasteiger partial charge in [0.1, 0.15) is 0 Å². The van der Waals surface area contributed by atoms with Gasteiger partial charge in [-0.1, -0.05) is 36.4 Å². The minimum absolute atomic E-state index is 0.0691. The van der Waals surface area contributed by atoms with Crippen molar-refractivity contribution < 1.29 is 4.79 Å². The van der Waals surface area contributed by atoms with Crippen LogP contribution in [-0.4, -0.2) is 22.4 Å². The van der Waals surface area contributed by atoms with Crippen molar-refractivity contribution in [2.75, 3.05) is 6.54 Å². The van der Waals surface area contributed by atoms with Gasteiger partial charge >= 0.3 is 0 Å². The first-order chi connectivity index (χ1) is 13.3. The van der Waals surface area contributed by atoms with Crippen LogP contribution in [0.3, 0.4) is 0 Å². The number of benzene rings is 2.